The average molecular weight is 416 g/mol. The Morgan fingerprint density at radius 3 is 2.54 bits per heavy atom. The number of halogens is 2. The van der Waals surface area contributed by atoms with E-state index in [1.165, 1.54) is 23.9 Å². The maximum Gasteiger partial charge on any atom is 0.257 e. The Morgan fingerprint density at radius 1 is 1.11 bits per heavy atom. The van der Waals surface area contributed by atoms with Gasteiger partial charge in [0.15, 0.2) is 5.16 Å². The largest absolute Gasteiger partial charge is 0.310 e. The van der Waals surface area contributed by atoms with Crippen LogP contribution in [0.4, 0.5) is 10.2 Å². The molecule has 0 aliphatic carbocycles. The minimum atomic E-state index is -0.381. The fourth-order valence-electron chi connectivity index (χ4n) is 3.13. The van der Waals surface area contributed by atoms with E-state index in [-0.39, 0.29) is 35.4 Å². The number of fused-ring (bicyclic) bond motifs is 1. The van der Waals surface area contributed by atoms with E-state index in [2.05, 4.69) is 15.3 Å². The molecular weight excluding hydrogens is 401 g/mol. The van der Waals surface area contributed by atoms with Gasteiger partial charge in [-0.25, -0.2) is 9.37 Å². The number of amides is 1. The molecule has 0 saturated heterocycles. The summed E-state index contributed by atoms with van der Waals surface area (Å²) in [6, 6.07) is 13.2. The summed E-state index contributed by atoms with van der Waals surface area (Å²) < 4.78 is 13.0. The SMILES string of the molecule is O=C1CC(c2ccc(Cl)cc2)c2c(nc(SCc3ccc(F)cc3)[nH]c2=O)N1. The molecule has 142 valence electrons. The van der Waals surface area contributed by atoms with Gasteiger partial charge in [0.1, 0.15) is 11.6 Å². The standard InChI is InChI=1S/C20H15ClFN3O2S/c21-13-5-3-12(4-6-13)15-9-16(26)23-18-17(15)19(27)25-20(24-18)28-10-11-1-7-14(22)8-2-11/h1-8,15H,9-10H2,(H2,23,24,25,26,27). The van der Waals surface area contributed by atoms with Crippen molar-refractivity contribution in [2.75, 3.05) is 5.32 Å². The molecule has 1 aromatic heterocycles. The molecule has 0 radical (unpaired) electrons. The van der Waals surface area contributed by atoms with Gasteiger partial charge in [-0.1, -0.05) is 47.6 Å². The number of H-pyrrole nitrogens is 1. The van der Waals surface area contributed by atoms with Crippen LogP contribution in [0, 0.1) is 5.82 Å². The maximum atomic E-state index is 13.0. The molecule has 1 aliphatic rings. The second-order valence-electron chi connectivity index (χ2n) is 6.40. The highest BCUT2D eigenvalue weighted by Crippen LogP contribution is 2.35. The van der Waals surface area contributed by atoms with Crippen LogP contribution in [0.3, 0.4) is 0 Å². The van der Waals surface area contributed by atoms with Crippen molar-refractivity contribution < 1.29 is 9.18 Å². The van der Waals surface area contributed by atoms with Crippen LogP contribution in [0.1, 0.15) is 29.0 Å². The monoisotopic (exact) mass is 415 g/mol. The molecule has 28 heavy (non-hydrogen) atoms. The second kappa shape index (κ2) is 7.77. The van der Waals surface area contributed by atoms with Crippen LogP contribution in [0.2, 0.25) is 5.02 Å². The highest BCUT2D eigenvalue weighted by Gasteiger charge is 2.30. The molecule has 5 nitrogen and oxygen atoms in total. The van der Waals surface area contributed by atoms with Crippen LogP contribution in [0.5, 0.6) is 0 Å². The molecule has 8 heteroatoms. The van der Waals surface area contributed by atoms with Gasteiger partial charge >= 0.3 is 0 Å². The van der Waals surface area contributed by atoms with E-state index in [4.69, 9.17) is 11.6 Å². The fourth-order valence-corrected chi connectivity index (χ4v) is 4.07. The van der Waals surface area contributed by atoms with Crippen LogP contribution < -0.4 is 10.9 Å². The Kier molecular flexibility index (Phi) is 5.19. The summed E-state index contributed by atoms with van der Waals surface area (Å²) >= 11 is 7.25. The highest BCUT2D eigenvalue weighted by atomic mass is 35.5. The first kappa shape index (κ1) is 18.7. The summed E-state index contributed by atoms with van der Waals surface area (Å²) in [4.78, 5) is 32.2. The van der Waals surface area contributed by atoms with E-state index in [1.54, 1.807) is 24.3 Å². The zero-order valence-corrected chi connectivity index (χ0v) is 16.1. The van der Waals surface area contributed by atoms with Crippen molar-refractivity contribution in [1.82, 2.24) is 9.97 Å². The third kappa shape index (κ3) is 3.95. The first-order valence-corrected chi connectivity index (χ1v) is 9.93. The molecule has 0 saturated carbocycles. The molecule has 3 aromatic rings. The number of thioether (sulfide) groups is 1. The smallest absolute Gasteiger partial charge is 0.257 e. The van der Waals surface area contributed by atoms with Crippen LogP contribution >= 0.6 is 23.4 Å². The minimum Gasteiger partial charge on any atom is -0.310 e. The lowest BCUT2D eigenvalue weighted by Crippen LogP contribution is -2.31. The molecule has 1 aliphatic heterocycles. The van der Waals surface area contributed by atoms with E-state index in [0.29, 0.717) is 21.5 Å². The first-order valence-electron chi connectivity index (χ1n) is 8.56. The van der Waals surface area contributed by atoms with E-state index >= 15 is 0 Å². The summed E-state index contributed by atoms with van der Waals surface area (Å²) in [6.07, 6.45) is 0.168. The van der Waals surface area contributed by atoms with Crippen molar-refractivity contribution in [1.29, 1.82) is 0 Å². The van der Waals surface area contributed by atoms with Gasteiger partial charge in [-0.2, -0.15) is 0 Å². The summed E-state index contributed by atoms with van der Waals surface area (Å²) in [6.45, 7) is 0. The normalized spacial score (nSPS) is 15.8. The molecule has 1 unspecified atom stereocenters. The van der Waals surface area contributed by atoms with Crippen molar-refractivity contribution in [2.24, 2.45) is 0 Å². The van der Waals surface area contributed by atoms with Gasteiger partial charge in [-0.05, 0) is 35.4 Å². The summed E-state index contributed by atoms with van der Waals surface area (Å²) in [7, 11) is 0. The molecule has 2 heterocycles. The number of carbonyl (C=O) groups is 1. The molecule has 0 bridgehead atoms. The summed E-state index contributed by atoms with van der Waals surface area (Å²) in [5, 5.41) is 3.68. The molecule has 1 amide bonds. The molecule has 1 atom stereocenters. The van der Waals surface area contributed by atoms with E-state index in [9.17, 15) is 14.0 Å². The van der Waals surface area contributed by atoms with E-state index < -0.39 is 0 Å². The Morgan fingerprint density at radius 2 is 1.82 bits per heavy atom. The number of hydrogen-bond acceptors (Lipinski definition) is 4. The van der Waals surface area contributed by atoms with Crippen molar-refractivity contribution in [3.63, 3.8) is 0 Å². The lowest BCUT2D eigenvalue weighted by atomic mass is 9.87. The van der Waals surface area contributed by atoms with E-state index in [0.717, 1.165) is 11.1 Å². The molecule has 4 rings (SSSR count). The van der Waals surface area contributed by atoms with E-state index in [1.807, 2.05) is 12.1 Å². The Bertz CT molecular complexity index is 1080. The number of anilines is 1. The molecule has 2 N–H and O–H groups in total. The lowest BCUT2D eigenvalue weighted by Gasteiger charge is -2.24. The zero-order valence-electron chi connectivity index (χ0n) is 14.5. The maximum absolute atomic E-state index is 13.0. The molecule has 2 aromatic carbocycles. The van der Waals surface area contributed by atoms with Crippen molar-refractivity contribution in [2.45, 2.75) is 23.2 Å². The Labute approximate surface area is 169 Å². The van der Waals surface area contributed by atoms with Crippen LogP contribution in [-0.2, 0) is 10.5 Å². The second-order valence-corrected chi connectivity index (χ2v) is 7.81. The van der Waals surface area contributed by atoms with Gasteiger partial charge < -0.3 is 10.3 Å². The highest BCUT2D eigenvalue weighted by molar-refractivity contribution is 7.98. The van der Waals surface area contributed by atoms with Gasteiger partial charge in [0.25, 0.3) is 5.56 Å². The predicted octanol–water partition coefficient (Wildman–Crippen LogP) is 4.33. The van der Waals surface area contributed by atoms with Gasteiger partial charge in [0, 0.05) is 23.1 Å². The number of hydrogen-bond donors (Lipinski definition) is 2. The Hall–Kier alpha value is -2.64. The van der Waals surface area contributed by atoms with Crippen LogP contribution in [0.25, 0.3) is 0 Å². The third-order valence-electron chi connectivity index (χ3n) is 4.49. The number of nitrogens with zero attached hydrogens (tertiary/aromatic N) is 1. The zero-order chi connectivity index (χ0) is 19.7. The molecule has 0 fully saturated rings. The number of aromatic nitrogens is 2. The van der Waals surface area contributed by atoms with Crippen molar-refractivity contribution in [3.05, 3.63) is 86.4 Å². The number of rotatable bonds is 4. The average Bonchev–Trinajstić information content (AvgIpc) is 2.67. The van der Waals surface area contributed by atoms with Crippen LogP contribution in [0.15, 0.2) is 58.5 Å². The Balaban J connectivity index is 1.63. The van der Waals surface area contributed by atoms with Crippen LogP contribution in [-0.4, -0.2) is 15.9 Å². The molecule has 0 spiro atoms. The quantitative estimate of drug-likeness (QED) is 0.491. The number of nitrogens with one attached hydrogen (secondary N) is 2. The van der Waals surface area contributed by atoms with Gasteiger partial charge in [0.2, 0.25) is 5.91 Å². The van der Waals surface area contributed by atoms with Gasteiger partial charge in [-0.15, -0.1) is 0 Å². The molecular formula is C20H15ClFN3O2S. The van der Waals surface area contributed by atoms with Gasteiger partial charge in [0.05, 0.1) is 5.56 Å². The summed E-state index contributed by atoms with van der Waals surface area (Å²) in [5.41, 5.74) is 1.88. The topological polar surface area (TPSA) is 74.8 Å². The third-order valence-corrected chi connectivity index (χ3v) is 5.69. The van der Waals surface area contributed by atoms with Crippen molar-refractivity contribution in [3.8, 4) is 0 Å². The minimum absolute atomic E-state index is 0.168. The van der Waals surface area contributed by atoms with Crippen molar-refractivity contribution >= 4 is 35.1 Å². The number of carbonyl (C=O) groups excluding carboxylic acids is 1. The number of aromatic amines is 1. The number of benzene rings is 2. The first-order chi connectivity index (χ1) is 13.5. The van der Waals surface area contributed by atoms with Gasteiger partial charge in [-0.3, -0.25) is 9.59 Å². The summed E-state index contributed by atoms with van der Waals surface area (Å²) in [5.74, 6) is -0.0867. The lowest BCUT2D eigenvalue weighted by molar-refractivity contribution is -0.116. The fraction of sp³-hybridized carbons (Fsp3) is 0.150. The predicted molar refractivity (Wildman–Crippen MR) is 107 cm³/mol.